The van der Waals surface area contributed by atoms with Crippen LogP contribution >= 0.6 is 0 Å². The number of aryl methyl sites for hydroxylation is 1. The van der Waals surface area contributed by atoms with E-state index < -0.39 is 0 Å². The van der Waals surface area contributed by atoms with Gasteiger partial charge in [0.25, 0.3) is 0 Å². The van der Waals surface area contributed by atoms with E-state index in [2.05, 4.69) is 19.6 Å². The number of carbonyl (C=O) groups is 1. The van der Waals surface area contributed by atoms with E-state index in [0.29, 0.717) is 17.6 Å². The van der Waals surface area contributed by atoms with Crippen LogP contribution in [0, 0.1) is 12.8 Å². The lowest BCUT2D eigenvalue weighted by Crippen LogP contribution is -2.29. The highest BCUT2D eigenvalue weighted by atomic mass is 16.3. The lowest BCUT2D eigenvalue weighted by molar-refractivity contribution is -0.120. The zero-order chi connectivity index (χ0) is 16.7. The van der Waals surface area contributed by atoms with Crippen LogP contribution in [0.4, 0.5) is 0 Å². The highest BCUT2D eigenvalue weighted by Crippen LogP contribution is 2.58. The van der Waals surface area contributed by atoms with Gasteiger partial charge in [-0.1, -0.05) is 31.9 Å². The monoisotopic (exact) mass is 313 g/mol. The normalized spacial score (nSPS) is 27.0. The molecule has 1 saturated carbocycles. The van der Waals surface area contributed by atoms with Crippen molar-refractivity contribution in [2.45, 2.75) is 57.4 Å². The molecule has 4 unspecified atom stereocenters. The summed E-state index contributed by atoms with van der Waals surface area (Å²) < 4.78 is 0. The fourth-order valence-electron chi connectivity index (χ4n) is 4.82. The Labute approximate surface area is 139 Å². The van der Waals surface area contributed by atoms with Gasteiger partial charge in [-0.25, -0.2) is 0 Å². The fraction of sp³-hybridized carbons (Fsp3) is 0.550. The van der Waals surface area contributed by atoms with Crippen molar-refractivity contribution in [3.8, 4) is 5.75 Å². The van der Waals surface area contributed by atoms with Gasteiger partial charge in [-0.2, -0.15) is 0 Å². The molecule has 124 valence electrons. The molecule has 0 radical (unpaired) electrons. The summed E-state index contributed by atoms with van der Waals surface area (Å²) >= 11 is 0. The molecule has 23 heavy (non-hydrogen) atoms. The topological polar surface area (TPSA) is 40.5 Å². The lowest BCUT2D eigenvalue weighted by Gasteiger charge is -2.33. The lowest BCUT2D eigenvalue weighted by atomic mass is 9.77. The van der Waals surface area contributed by atoms with Crippen LogP contribution in [0.3, 0.4) is 0 Å². The summed E-state index contributed by atoms with van der Waals surface area (Å²) in [6, 6.07) is 2.12. The first kappa shape index (κ1) is 16.1. The molecule has 3 rings (SSSR count). The molecular weight excluding hydrogens is 286 g/mol. The third-order valence-electron chi connectivity index (χ3n) is 5.96. The van der Waals surface area contributed by atoms with Gasteiger partial charge in [-0.15, -0.1) is 6.58 Å². The number of phenols is 1. The second kappa shape index (κ2) is 6.03. The van der Waals surface area contributed by atoms with Gasteiger partial charge in [0.1, 0.15) is 5.75 Å². The summed E-state index contributed by atoms with van der Waals surface area (Å²) in [4.78, 5) is 13.2. The van der Waals surface area contributed by atoms with Crippen LogP contribution in [0.5, 0.6) is 5.75 Å². The Morgan fingerprint density at radius 2 is 2.04 bits per heavy atom. The summed E-state index contributed by atoms with van der Waals surface area (Å²) in [5.74, 6) is 1.40. The summed E-state index contributed by atoms with van der Waals surface area (Å²) in [6.45, 7) is 8.06. The number of amides is 1. The number of allylic oxidation sites excluding steroid dienone is 1. The molecule has 1 fully saturated rings. The Morgan fingerprint density at radius 3 is 2.70 bits per heavy atom. The van der Waals surface area contributed by atoms with Gasteiger partial charge in [0.15, 0.2) is 0 Å². The molecule has 0 aliphatic heterocycles. The van der Waals surface area contributed by atoms with E-state index in [0.717, 1.165) is 30.4 Å². The van der Waals surface area contributed by atoms with Crippen LogP contribution in [0.1, 0.15) is 72.7 Å². The zero-order valence-corrected chi connectivity index (χ0v) is 14.4. The second-order valence-electron chi connectivity index (χ2n) is 7.25. The average molecular weight is 313 g/mol. The van der Waals surface area contributed by atoms with Crippen molar-refractivity contribution < 1.29 is 9.90 Å². The molecule has 0 saturated heterocycles. The number of aromatic hydroxyl groups is 1. The van der Waals surface area contributed by atoms with Crippen LogP contribution in [-0.2, 0) is 4.79 Å². The van der Waals surface area contributed by atoms with Gasteiger partial charge < -0.3 is 10.0 Å². The fourth-order valence-corrected chi connectivity index (χ4v) is 4.82. The minimum Gasteiger partial charge on any atom is -0.507 e. The predicted octanol–water partition coefficient (Wildman–Crippen LogP) is 4.41. The van der Waals surface area contributed by atoms with E-state index in [4.69, 9.17) is 0 Å². The van der Waals surface area contributed by atoms with Crippen molar-refractivity contribution in [1.82, 2.24) is 4.90 Å². The predicted molar refractivity (Wildman–Crippen MR) is 92.7 cm³/mol. The second-order valence-corrected chi connectivity index (χ2v) is 7.25. The van der Waals surface area contributed by atoms with Crippen molar-refractivity contribution >= 4 is 6.41 Å². The summed E-state index contributed by atoms with van der Waals surface area (Å²) in [6.07, 6.45) is 7.52. The van der Waals surface area contributed by atoms with Crippen LogP contribution < -0.4 is 0 Å². The zero-order valence-electron chi connectivity index (χ0n) is 14.4. The third-order valence-corrected chi connectivity index (χ3v) is 5.96. The molecule has 0 bridgehead atoms. The minimum atomic E-state index is 0.00321. The van der Waals surface area contributed by atoms with E-state index in [1.807, 2.05) is 20.0 Å². The Bertz CT molecular complexity index is 637. The van der Waals surface area contributed by atoms with Crippen LogP contribution in [0.15, 0.2) is 18.7 Å². The SMILES string of the molecule is C=CC(C)c1cc(C)c2c(c1O)C(N(C)C=O)C1CCCCC21. The molecule has 0 aromatic heterocycles. The van der Waals surface area contributed by atoms with Crippen molar-refractivity contribution in [2.24, 2.45) is 5.92 Å². The highest BCUT2D eigenvalue weighted by molar-refractivity contribution is 5.60. The molecule has 3 nitrogen and oxygen atoms in total. The Balaban J connectivity index is 2.22. The van der Waals surface area contributed by atoms with Crippen LogP contribution in [-0.4, -0.2) is 23.5 Å². The van der Waals surface area contributed by atoms with E-state index >= 15 is 0 Å². The van der Waals surface area contributed by atoms with Crippen molar-refractivity contribution in [3.63, 3.8) is 0 Å². The molecule has 2 aliphatic carbocycles. The molecular formula is C20H27NO2. The molecule has 3 heteroatoms. The first-order chi connectivity index (χ1) is 11.0. The van der Waals surface area contributed by atoms with E-state index in [9.17, 15) is 9.90 Å². The standard InChI is InChI=1S/C20H27NO2/c1-5-12(2)16-10-13(3)17-14-8-6-7-9-15(14)19(21(4)11-22)18(17)20(16)23/h5,10-12,14-15,19,23H,1,6-9H2,2-4H3. The Kier molecular flexibility index (Phi) is 4.22. The van der Waals surface area contributed by atoms with Gasteiger partial charge in [0, 0.05) is 24.1 Å². The number of hydrogen-bond donors (Lipinski definition) is 1. The summed E-state index contributed by atoms with van der Waals surface area (Å²) in [7, 11) is 1.84. The molecule has 0 spiro atoms. The number of hydrogen-bond acceptors (Lipinski definition) is 2. The molecule has 1 aromatic carbocycles. The molecule has 1 N–H and O–H groups in total. The average Bonchev–Trinajstić information content (AvgIpc) is 2.92. The number of fused-ring (bicyclic) bond motifs is 3. The third kappa shape index (κ3) is 2.37. The number of benzene rings is 1. The van der Waals surface area contributed by atoms with Crippen molar-refractivity contribution in [3.05, 3.63) is 41.0 Å². The summed E-state index contributed by atoms with van der Waals surface area (Å²) in [5, 5.41) is 11.0. The Morgan fingerprint density at radius 1 is 1.35 bits per heavy atom. The smallest absolute Gasteiger partial charge is 0.209 e. The maximum atomic E-state index is 11.5. The van der Waals surface area contributed by atoms with Crippen molar-refractivity contribution in [2.75, 3.05) is 7.05 Å². The first-order valence-electron chi connectivity index (χ1n) is 8.67. The largest absolute Gasteiger partial charge is 0.507 e. The van der Waals surface area contributed by atoms with E-state index in [1.54, 1.807) is 4.90 Å². The van der Waals surface area contributed by atoms with Gasteiger partial charge in [0.05, 0.1) is 6.04 Å². The van der Waals surface area contributed by atoms with Gasteiger partial charge in [-0.05, 0) is 42.7 Å². The van der Waals surface area contributed by atoms with Gasteiger partial charge >= 0.3 is 0 Å². The molecule has 1 aromatic rings. The van der Waals surface area contributed by atoms with Gasteiger partial charge in [-0.3, -0.25) is 4.79 Å². The number of phenolic OH excluding ortho intramolecular Hbond substituents is 1. The quantitative estimate of drug-likeness (QED) is 0.661. The van der Waals surface area contributed by atoms with E-state index in [-0.39, 0.29) is 12.0 Å². The molecule has 2 aliphatic rings. The highest BCUT2D eigenvalue weighted by Gasteiger charge is 2.46. The molecule has 1 amide bonds. The number of rotatable bonds is 4. The van der Waals surface area contributed by atoms with Crippen LogP contribution in [0.2, 0.25) is 0 Å². The van der Waals surface area contributed by atoms with Crippen LogP contribution in [0.25, 0.3) is 0 Å². The number of carbonyl (C=O) groups excluding carboxylic acids is 1. The molecule has 4 atom stereocenters. The van der Waals surface area contributed by atoms with Gasteiger partial charge in [0.2, 0.25) is 6.41 Å². The number of nitrogens with zero attached hydrogens (tertiary/aromatic N) is 1. The summed E-state index contributed by atoms with van der Waals surface area (Å²) in [5.41, 5.74) is 4.48. The Hall–Kier alpha value is -1.77. The molecule has 0 heterocycles. The first-order valence-corrected chi connectivity index (χ1v) is 8.67. The maximum Gasteiger partial charge on any atom is 0.209 e. The van der Waals surface area contributed by atoms with Crippen molar-refractivity contribution in [1.29, 1.82) is 0 Å². The maximum absolute atomic E-state index is 11.5. The minimum absolute atomic E-state index is 0.00321. The van der Waals surface area contributed by atoms with E-state index in [1.165, 1.54) is 24.0 Å².